The van der Waals surface area contributed by atoms with Crippen LogP contribution in [-0.2, 0) is 42.3 Å². The Kier molecular flexibility index (Phi) is 8.86. The number of hydrogen-bond acceptors (Lipinski definition) is 4. The molecule has 0 fully saturated rings. The average Bonchev–Trinajstić information content (AvgIpc) is 2.45. The maximum Gasteiger partial charge on any atom is 0.337 e. The van der Waals surface area contributed by atoms with E-state index in [1.54, 1.807) is 39.0 Å². The third-order valence-electron chi connectivity index (χ3n) is 2.88. The van der Waals surface area contributed by atoms with Crippen LogP contribution in [0.5, 0.6) is 0 Å². The fourth-order valence-electron chi connectivity index (χ4n) is 1.59. The summed E-state index contributed by atoms with van der Waals surface area (Å²) < 4.78 is 0. The second kappa shape index (κ2) is 9.26. The number of amides is 1. The summed E-state index contributed by atoms with van der Waals surface area (Å²) in [4.78, 5) is 30.5. The molecule has 0 bridgehead atoms. The molecule has 0 atom stereocenters. The van der Waals surface area contributed by atoms with Gasteiger partial charge in [0.15, 0.2) is 0 Å². The molecular weight excluding hydrogens is 357 g/mol. The van der Waals surface area contributed by atoms with Crippen LogP contribution in [0.4, 0.5) is 5.69 Å². The summed E-state index contributed by atoms with van der Waals surface area (Å²) in [6, 6.07) is 7.03. The van der Waals surface area contributed by atoms with Crippen LogP contribution in [0.1, 0.15) is 31.1 Å². The second-order valence-corrected chi connectivity index (χ2v) is 5.57. The molecule has 0 unspecified atom stereocenters. The molecule has 6 heteroatoms. The van der Waals surface area contributed by atoms with Gasteiger partial charge in [-0.3, -0.25) is 4.79 Å². The zero-order chi connectivity index (χ0) is 16.0. The van der Waals surface area contributed by atoms with Crippen LogP contribution >= 0.6 is 0 Å². The number of hydroxylamine groups is 1. The Labute approximate surface area is 157 Å². The van der Waals surface area contributed by atoms with Gasteiger partial charge in [0.25, 0.3) is 5.91 Å². The van der Waals surface area contributed by atoms with E-state index in [1.165, 1.54) is 0 Å². The molecule has 0 aliphatic rings. The van der Waals surface area contributed by atoms with Gasteiger partial charge in [-0.1, -0.05) is 12.1 Å². The van der Waals surface area contributed by atoms with Gasteiger partial charge in [-0.15, -0.1) is 13.1 Å². The van der Waals surface area contributed by atoms with Crippen LogP contribution < -0.4 is 10.4 Å². The zero-order valence-corrected chi connectivity index (χ0v) is 16.2. The van der Waals surface area contributed by atoms with Crippen LogP contribution in [0.3, 0.4) is 0 Å². The molecule has 119 valence electrons. The molecule has 1 aromatic carbocycles. The number of hydrogen-bond donors (Lipinski definition) is 1. The molecule has 1 rings (SSSR count). The molecule has 0 spiro atoms. The van der Waals surface area contributed by atoms with E-state index >= 15 is 0 Å². The average molecular weight is 379 g/mol. The zero-order valence-electron chi connectivity index (χ0n) is 13.4. The van der Waals surface area contributed by atoms with Gasteiger partial charge in [0.05, 0.1) is 11.0 Å². The summed E-state index contributed by atoms with van der Waals surface area (Å²) in [5.74, 6) is -0.977. The number of rotatable bonds is 4. The van der Waals surface area contributed by atoms with Crippen molar-refractivity contribution in [2.24, 2.45) is 5.41 Å². The van der Waals surface area contributed by atoms with E-state index in [1.807, 2.05) is 11.0 Å². The molecule has 0 aliphatic heterocycles. The van der Waals surface area contributed by atoms with E-state index in [9.17, 15) is 9.59 Å². The van der Waals surface area contributed by atoms with Crippen LogP contribution in [-0.4, -0.2) is 25.0 Å². The minimum Gasteiger partial charge on any atom is -0.431 e. The van der Waals surface area contributed by atoms with Crippen molar-refractivity contribution in [2.75, 3.05) is 18.0 Å². The fourth-order valence-corrected chi connectivity index (χ4v) is 1.59. The molecule has 0 saturated heterocycles. The van der Waals surface area contributed by atoms with Crippen molar-refractivity contribution in [3.05, 3.63) is 43.7 Å². The number of carbonyl (C=O) groups excluding carboxylic acids is 2. The van der Waals surface area contributed by atoms with Gasteiger partial charge in [-0.25, -0.2) is 4.79 Å². The van der Waals surface area contributed by atoms with Gasteiger partial charge in [0.1, 0.15) is 0 Å². The summed E-state index contributed by atoms with van der Waals surface area (Å²) in [6.45, 7) is 13.7. The third kappa shape index (κ3) is 5.69. The monoisotopic (exact) mass is 379 g/mol. The predicted molar refractivity (Wildman–Crippen MR) is 82.4 cm³/mol. The second-order valence-electron chi connectivity index (χ2n) is 5.57. The van der Waals surface area contributed by atoms with Gasteiger partial charge in [-0.2, -0.15) is 5.48 Å². The first-order chi connectivity index (χ1) is 9.81. The van der Waals surface area contributed by atoms with Crippen LogP contribution in [0.2, 0.25) is 0 Å². The summed E-state index contributed by atoms with van der Waals surface area (Å²) >= 11 is 0. The molecular formula is C16H22N2O3Y-2. The summed E-state index contributed by atoms with van der Waals surface area (Å²) in [7, 11) is 0. The number of nitrogens with one attached hydrogen (secondary N) is 1. The first-order valence-electron chi connectivity index (χ1n) is 6.75. The van der Waals surface area contributed by atoms with Crippen LogP contribution in [0.25, 0.3) is 0 Å². The maximum atomic E-state index is 12.2. The Morgan fingerprint density at radius 1 is 1.18 bits per heavy atom. The van der Waals surface area contributed by atoms with E-state index in [0.717, 1.165) is 0 Å². The third-order valence-corrected chi connectivity index (χ3v) is 2.88. The van der Waals surface area contributed by atoms with Crippen molar-refractivity contribution >= 4 is 17.6 Å². The number of carbonyl (C=O) groups is 2. The van der Waals surface area contributed by atoms with Crippen molar-refractivity contribution in [3.8, 4) is 0 Å². The SMILES string of the molecule is [CH2-]CN(C[CH2-])c1ccccc1C(=O)NOC(=O)C(C)(C)C.[Y]. The van der Waals surface area contributed by atoms with Gasteiger partial charge in [-0.05, 0) is 32.9 Å². The van der Waals surface area contributed by atoms with Crippen LogP contribution in [0, 0.1) is 19.3 Å². The Morgan fingerprint density at radius 2 is 1.73 bits per heavy atom. The Hall–Kier alpha value is -0.936. The van der Waals surface area contributed by atoms with Gasteiger partial charge in [0.2, 0.25) is 0 Å². The Morgan fingerprint density at radius 3 is 2.23 bits per heavy atom. The van der Waals surface area contributed by atoms with Gasteiger partial charge >= 0.3 is 5.97 Å². The van der Waals surface area contributed by atoms with E-state index < -0.39 is 17.3 Å². The number of benzene rings is 1. The molecule has 0 aromatic heterocycles. The molecule has 1 aromatic rings. The molecule has 0 saturated carbocycles. The first-order valence-corrected chi connectivity index (χ1v) is 6.75. The molecule has 0 heterocycles. The largest absolute Gasteiger partial charge is 0.431 e. The minimum absolute atomic E-state index is 0. The molecule has 1 radical (unpaired) electrons. The van der Waals surface area contributed by atoms with Gasteiger partial charge < -0.3 is 23.6 Å². The van der Waals surface area contributed by atoms with E-state index in [2.05, 4.69) is 19.3 Å². The molecule has 0 aliphatic carbocycles. The van der Waals surface area contributed by atoms with E-state index in [4.69, 9.17) is 4.84 Å². The van der Waals surface area contributed by atoms with E-state index in [0.29, 0.717) is 24.3 Å². The quantitative estimate of drug-likeness (QED) is 0.645. The van der Waals surface area contributed by atoms with E-state index in [-0.39, 0.29) is 32.7 Å². The van der Waals surface area contributed by atoms with Crippen molar-refractivity contribution in [3.63, 3.8) is 0 Å². The summed E-state index contributed by atoms with van der Waals surface area (Å²) in [6.07, 6.45) is 0. The summed E-state index contributed by atoms with van der Waals surface area (Å²) in [5.41, 5.74) is 2.62. The predicted octanol–water partition coefficient (Wildman–Crippen LogP) is 2.39. The van der Waals surface area contributed by atoms with Crippen molar-refractivity contribution in [1.82, 2.24) is 5.48 Å². The number of para-hydroxylation sites is 1. The standard InChI is InChI=1S/C16H22N2O3.Y/c1-6-18(7-2)13-11-9-8-10-12(13)14(19)17-21-15(20)16(3,4)5;/h8-11H,1-2,6-7H2,3-5H3,(H,17,19);/q-2;. The topological polar surface area (TPSA) is 58.6 Å². The van der Waals surface area contributed by atoms with Crippen molar-refractivity contribution < 1.29 is 47.1 Å². The molecule has 22 heavy (non-hydrogen) atoms. The Bertz CT molecular complexity index is 508. The normalized spacial score (nSPS) is 10.4. The molecule has 1 amide bonds. The first kappa shape index (κ1) is 21.1. The van der Waals surface area contributed by atoms with Gasteiger partial charge in [0, 0.05) is 38.4 Å². The Balaban J connectivity index is 0.00000441. The molecule has 1 N–H and O–H groups in total. The van der Waals surface area contributed by atoms with Crippen LogP contribution in [0.15, 0.2) is 24.3 Å². The summed E-state index contributed by atoms with van der Waals surface area (Å²) in [5, 5.41) is 0. The minimum atomic E-state index is -0.681. The number of nitrogens with zero attached hydrogens (tertiary/aromatic N) is 1. The molecule has 5 nitrogen and oxygen atoms in total. The smallest absolute Gasteiger partial charge is 0.337 e. The van der Waals surface area contributed by atoms with Crippen molar-refractivity contribution in [2.45, 2.75) is 20.8 Å². The maximum absolute atomic E-state index is 12.2. The van der Waals surface area contributed by atoms with Crippen molar-refractivity contribution in [1.29, 1.82) is 0 Å². The number of anilines is 1. The fraction of sp³-hybridized carbons (Fsp3) is 0.375.